The number of hydrogen-bond donors (Lipinski definition) is 7. The van der Waals surface area contributed by atoms with Crippen LogP contribution in [0, 0.1) is 12.7 Å². The second kappa shape index (κ2) is 24.8. The number of phenols is 3. The smallest absolute Gasteiger partial charge is 0.201 e. The number of nitrogens with zero attached hydrogens (tertiary/aromatic N) is 20. The monoisotopic (exact) mass is 1370 g/mol. The molecule has 3 aliphatic heterocycles. The van der Waals surface area contributed by atoms with Gasteiger partial charge < -0.3 is 31.3 Å². The van der Waals surface area contributed by atoms with E-state index < -0.39 is 5.82 Å². The van der Waals surface area contributed by atoms with Gasteiger partial charge in [0.1, 0.15) is 61.2 Å². The summed E-state index contributed by atoms with van der Waals surface area (Å²) >= 11 is 2.87. The minimum atomic E-state index is -0.486. The van der Waals surface area contributed by atoms with Crippen molar-refractivity contribution in [2.45, 2.75) is 180 Å². The highest BCUT2D eigenvalue weighted by atomic mass is 32.1. The van der Waals surface area contributed by atoms with Gasteiger partial charge in [-0.05, 0) is 218 Å². The number of aromatic hydroxyl groups is 3. The van der Waals surface area contributed by atoms with Crippen LogP contribution in [0.15, 0.2) is 97.5 Å². The lowest BCUT2D eigenvalue weighted by atomic mass is 9.79. The van der Waals surface area contributed by atoms with Crippen LogP contribution in [-0.4, -0.2) is 154 Å². The lowest BCUT2D eigenvalue weighted by Gasteiger charge is -2.46. The van der Waals surface area contributed by atoms with Gasteiger partial charge in [-0.2, -0.15) is 19.8 Å². The highest BCUT2D eigenvalue weighted by Gasteiger charge is 2.42. The van der Waals surface area contributed by atoms with Crippen molar-refractivity contribution in [3.05, 3.63) is 108 Å². The van der Waals surface area contributed by atoms with Gasteiger partial charge in [-0.3, -0.25) is 0 Å². The molecular weight excluding hydrogens is 1300 g/mol. The number of aryl methyl sites for hydroxylation is 1. The van der Waals surface area contributed by atoms with Gasteiger partial charge in [0.15, 0.2) is 5.82 Å². The van der Waals surface area contributed by atoms with E-state index in [0.29, 0.717) is 83.9 Å². The molecule has 0 bridgehead atoms. The van der Waals surface area contributed by atoms with Gasteiger partial charge in [-0.25, -0.2) is 28.4 Å². The van der Waals surface area contributed by atoms with Crippen molar-refractivity contribution in [3.63, 3.8) is 0 Å². The van der Waals surface area contributed by atoms with Crippen LogP contribution in [0.3, 0.4) is 0 Å². The highest BCUT2D eigenvalue weighted by Crippen LogP contribution is 2.43. The number of halogens is 1. The van der Waals surface area contributed by atoms with Crippen molar-refractivity contribution in [1.29, 1.82) is 0 Å². The molecule has 99 heavy (non-hydrogen) atoms. The molecule has 30 heteroatoms. The van der Waals surface area contributed by atoms with E-state index in [-0.39, 0.29) is 74.1 Å². The average molecular weight is 1370 g/mol. The number of thiazole rings is 1. The standard InChI is InChI=1S/C25H26FN9O.C23H27N7OS.C21H24N8OS/c1-24(2)11-15(12-25(3,4)32-24)35-23-20(29-34-35)10-18(27-31-23)16-6-5-13(9-21(16)36)14-7-17(26)22-19(8-14)28-33-30-22;1-13-12-24-21(32-13)14-6-7-16(19(31)8-14)17-9-18-20(27-25-17)30(29-26-18)15-10-22(2,3)28-23(4,5)11-15;1-20(2)9-13(10-21(3,4)27-20)29-18-16(25-28-29)8-15(24-26-18)14-6-5-12(7-17(14)30)19-22-11-23-31-19/h5-10,15,32,36H,11-12H2,1-4H3,(H,28,30,33);6-9,12,15,28,31H,10-11H2,1-5H3;5-8,11,13,27,30H,9-10H2,1-4H3. The Balaban J connectivity index is 0.000000127. The molecule has 27 nitrogen and oxygen atoms in total. The number of aromatic nitrogens is 21. The largest absolute Gasteiger partial charge is 0.507 e. The third kappa shape index (κ3) is 13.9. The Bertz CT molecular complexity index is 5140. The third-order valence-corrected chi connectivity index (χ3v) is 19.9. The van der Waals surface area contributed by atoms with Gasteiger partial charge in [-0.1, -0.05) is 33.8 Å². The van der Waals surface area contributed by atoms with Crippen molar-refractivity contribution in [3.8, 4) is 83.3 Å². The van der Waals surface area contributed by atoms with Crippen LogP contribution in [0.25, 0.3) is 111 Å². The zero-order valence-corrected chi connectivity index (χ0v) is 58.8. The first-order valence-corrected chi connectivity index (χ1v) is 34.3. The molecule has 12 heterocycles. The first-order chi connectivity index (χ1) is 46.9. The van der Waals surface area contributed by atoms with Crippen molar-refractivity contribution in [1.82, 2.24) is 121 Å². The molecule has 0 unspecified atom stereocenters. The normalized spacial score (nSPS) is 18.1. The fraction of sp³-hybridized carbons (Fsp3) is 0.406. The topological polar surface area (TPSA) is 346 Å². The number of phenolic OH excluding ortho intramolecular Hbond substituents is 3. The summed E-state index contributed by atoms with van der Waals surface area (Å²) in [6.07, 6.45) is 8.81. The fourth-order valence-electron chi connectivity index (χ4n) is 15.3. The first-order valence-electron chi connectivity index (χ1n) is 32.7. The quantitative estimate of drug-likeness (QED) is 0.0706. The van der Waals surface area contributed by atoms with Crippen LogP contribution < -0.4 is 16.0 Å². The van der Waals surface area contributed by atoms with Gasteiger partial charge in [0.2, 0.25) is 16.9 Å². The predicted octanol–water partition coefficient (Wildman–Crippen LogP) is 12.3. The molecule has 0 spiro atoms. The van der Waals surface area contributed by atoms with Gasteiger partial charge >= 0.3 is 0 Å². The van der Waals surface area contributed by atoms with E-state index in [1.54, 1.807) is 53.8 Å². The van der Waals surface area contributed by atoms with Crippen molar-refractivity contribution in [2.75, 3.05) is 0 Å². The molecular formula is C69H77FN24O3S2. The number of hydrogen-bond acceptors (Lipinski definition) is 25. The molecule has 0 amide bonds. The minimum absolute atomic E-state index is 0.00365. The van der Waals surface area contributed by atoms with Gasteiger partial charge in [0, 0.05) is 72.1 Å². The lowest BCUT2D eigenvalue weighted by Crippen LogP contribution is -2.58. The van der Waals surface area contributed by atoms with E-state index in [4.69, 9.17) is 0 Å². The maximum Gasteiger partial charge on any atom is 0.201 e. The summed E-state index contributed by atoms with van der Waals surface area (Å²) in [5, 5.41) is 108. The maximum absolute atomic E-state index is 14.4. The molecule has 7 N–H and O–H groups in total. The number of rotatable bonds is 9. The molecule has 9 aromatic heterocycles. The molecule has 3 aliphatic rings. The van der Waals surface area contributed by atoms with E-state index in [1.807, 2.05) is 63.6 Å². The van der Waals surface area contributed by atoms with E-state index in [1.165, 1.54) is 23.9 Å². The summed E-state index contributed by atoms with van der Waals surface area (Å²) in [7, 11) is 0. The van der Waals surface area contributed by atoms with E-state index in [9.17, 15) is 19.7 Å². The Labute approximate surface area is 576 Å². The van der Waals surface area contributed by atoms with Crippen LogP contribution in [0.2, 0.25) is 0 Å². The zero-order valence-electron chi connectivity index (χ0n) is 57.2. The van der Waals surface area contributed by atoms with Crippen LogP contribution >= 0.6 is 22.9 Å². The Kier molecular flexibility index (Phi) is 16.6. The number of aromatic amines is 1. The number of H-pyrrole nitrogens is 1. The van der Waals surface area contributed by atoms with E-state index >= 15 is 0 Å². The highest BCUT2D eigenvalue weighted by molar-refractivity contribution is 7.15. The van der Waals surface area contributed by atoms with Crippen LogP contribution in [0.5, 0.6) is 17.2 Å². The maximum atomic E-state index is 14.4. The SMILES string of the molecule is CC1(C)CC(n2nnc3cc(-c4ccc(-c5cc(F)c6n[nH]nc6c5)cc4O)nnc32)CC(C)(C)N1.CC1(C)CC(n2nnc3cc(-c4ccc(-c5ncns5)cc4O)nnc32)CC(C)(C)N1.Cc1cnc(-c2ccc(-c3cc4nnn(C5CC(C)(C)NC(C)(C)C5)c4nn3)c(O)c2)s1. The second-order valence-corrected chi connectivity index (χ2v) is 32.2. The Morgan fingerprint density at radius 2 is 0.828 bits per heavy atom. The van der Waals surface area contributed by atoms with Crippen LogP contribution in [-0.2, 0) is 0 Å². The number of fused-ring (bicyclic) bond motifs is 4. The minimum Gasteiger partial charge on any atom is -0.507 e. The molecule has 3 fully saturated rings. The van der Waals surface area contributed by atoms with Crippen molar-refractivity contribution in [2.24, 2.45) is 0 Å². The summed E-state index contributed by atoms with van der Waals surface area (Å²) in [6, 6.07) is 25.0. The average Bonchev–Trinajstić information content (AvgIpc) is 1.74. The molecule has 0 atom stereocenters. The summed E-state index contributed by atoms with van der Waals surface area (Å²) in [5.74, 6) is -0.246. The lowest BCUT2D eigenvalue weighted by molar-refractivity contribution is 0.126. The van der Waals surface area contributed by atoms with Gasteiger partial charge in [0.25, 0.3) is 0 Å². The molecule has 13 aromatic rings. The molecule has 3 saturated heterocycles. The Hall–Kier alpha value is -9.88. The number of nitrogens with one attached hydrogen (secondary N) is 4. The number of benzene rings is 4. The molecule has 0 aliphatic carbocycles. The molecule has 510 valence electrons. The van der Waals surface area contributed by atoms with Crippen molar-refractivity contribution < 1.29 is 19.7 Å². The number of piperidine rings is 3. The summed E-state index contributed by atoms with van der Waals surface area (Å²) in [4.78, 5) is 9.70. The predicted molar refractivity (Wildman–Crippen MR) is 377 cm³/mol. The van der Waals surface area contributed by atoms with E-state index in [0.717, 1.165) is 64.5 Å². The van der Waals surface area contributed by atoms with Crippen molar-refractivity contribution >= 4 is 67.4 Å². The van der Waals surface area contributed by atoms with E-state index in [2.05, 4.69) is 190 Å². The van der Waals surface area contributed by atoms with Gasteiger partial charge in [0.05, 0.1) is 35.2 Å². The molecule has 4 aromatic carbocycles. The Morgan fingerprint density at radius 3 is 1.20 bits per heavy atom. The first kappa shape index (κ1) is 66.4. The summed E-state index contributed by atoms with van der Waals surface area (Å²) in [5.41, 5.74) is 10.5. The summed E-state index contributed by atoms with van der Waals surface area (Å²) in [6.45, 7) is 28.4. The zero-order chi connectivity index (χ0) is 69.7. The van der Waals surface area contributed by atoms with Crippen LogP contribution in [0.1, 0.15) is 145 Å². The van der Waals surface area contributed by atoms with Gasteiger partial charge in [-0.15, -0.1) is 57.2 Å². The summed E-state index contributed by atoms with van der Waals surface area (Å²) < 4.78 is 24.0. The van der Waals surface area contributed by atoms with Crippen LogP contribution in [0.4, 0.5) is 4.39 Å². The molecule has 16 rings (SSSR count). The second-order valence-electron chi connectivity index (χ2n) is 30.1. The Morgan fingerprint density at radius 1 is 0.434 bits per heavy atom. The molecule has 0 saturated carbocycles. The fourth-order valence-corrected chi connectivity index (χ4v) is 16.5. The third-order valence-electron chi connectivity index (χ3n) is 18.2. The molecule has 0 radical (unpaired) electrons.